The van der Waals surface area contributed by atoms with E-state index in [-0.39, 0.29) is 12.2 Å². The van der Waals surface area contributed by atoms with Gasteiger partial charge >= 0.3 is 5.69 Å². The molecule has 7 nitrogen and oxygen atoms in total. The topological polar surface area (TPSA) is 92.9 Å². The summed E-state index contributed by atoms with van der Waals surface area (Å²) in [4.78, 5) is 30.3. The summed E-state index contributed by atoms with van der Waals surface area (Å²) in [6.45, 7) is 0.271. The van der Waals surface area contributed by atoms with Crippen molar-refractivity contribution in [2.45, 2.75) is 44.9 Å². The number of nitrogens with zero attached hydrogens (tertiary/aromatic N) is 3. The first-order valence-electron chi connectivity index (χ1n) is 7.81. The number of fused-ring (bicyclic) bond motifs is 1. The molecule has 0 spiro atoms. The summed E-state index contributed by atoms with van der Waals surface area (Å²) >= 11 is 0. The highest BCUT2D eigenvalue weighted by molar-refractivity contribution is 5.70. The summed E-state index contributed by atoms with van der Waals surface area (Å²) in [6, 6.07) is 0. The number of unbranched alkanes of at least 4 members (excludes halogenated alkanes) is 5. The van der Waals surface area contributed by atoms with Gasteiger partial charge in [0.15, 0.2) is 11.2 Å². The lowest BCUT2D eigenvalue weighted by Crippen LogP contribution is -2.29. The Labute approximate surface area is 128 Å². The maximum absolute atomic E-state index is 11.9. The number of rotatable bonds is 8. The van der Waals surface area contributed by atoms with Crippen molar-refractivity contribution in [1.82, 2.24) is 19.1 Å². The second-order valence-corrected chi connectivity index (χ2v) is 5.67. The van der Waals surface area contributed by atoms with Gasteiger partial charge in [0.05, 0.1) is 0 Å². The van der Waals surface area contributed by atoms with Crippen LogP contribution in [0.15, 0.2) is 9.59 Å². The van der Waals surface area contributed by atoms with Crippen LogP contribution in [0.1, 0.15) is 44.3 Å². The molecule has 0 saturated carbocycles. The molecule has 0 radical (unpaired) electrons. The number of aromatic nitrogens is 4. The van der Waals surface area contributed by atoms with E-state index in [1.54, 1.807) is 11.6 Å². The second kappa shape index (κ2) is 7.40. The van der Waals surface area contributed by atoms with Crippen LogP contribution < -0.4 is 11.2 Å². The molecule has 0 aliphatic heterocycles. The number of hydrogen-bond acceptors (Lipinski definition) is 4. The van der Waals surface area contributed by atoms with E-state index in [1.165, 1.54) is 4.57 Å². The Morgan fingerprint density at radius 1 is 1.00 bits per heavy atom. The van der Waals surface area contributed by atoms with Gasteiger partial charge < -0.3 is 9.67 Å². The average Bonchev–Trinajstić information content (AvgIpc) is 2.82. The third-order valence-corrected chi connectivity index (χ3v) is 4.04. The smallest absolute Gasteiger partial charge is 0.329 e. The molecule has 0 aliphatic rings. The summed E-state index contributed by atoms with van der Waals surface area (Å²) in [7, 11) is 3.42. The maximum atomic E-state index is 11.9. The zero-order valence-corrected chi connectivity index (χ0v) is 13.3. The van der Waals surface area contributed by atoms with Gasteiger partial charge in [-0.1, -0.05) is 25.7 Å². The van der Waals surface area contributed by atoms with Crippen molar-refractivity contribution in [3.63, 3.8) is 0 Å². The molecule has 122 valence electrons. The van der Waals surface area contributed by atoms with Gasteiger partial charge in [0, 0.05) is 27.1 Å². The molecule has 2 aromatic heterocycles. The summed E-state index contributed by atoms with van der Waals surface area (Å²) < 4.78 is 3.15. The van der Waals surface area contributed by atoms with E-state index in [1.807, 2.05) is 7.05 Å². The minimum absolute atomic E-state index is 0.271. The SMILES string of the molecule is Cn1c(CCCCCCCCO)nc2c1c(=O)[nH]c(=O)n2C. The number of aliphatic hydroxyl groups is 1. The molecular formula is C15H24N4O3. The van der Waals surface area contributed by atoms with Crippen LogP contribution in [0.3, 0.4) is 0 Å². The number of imidazole rings is 1. The summed E-state index contributed by atoms with van der Waals surface area (Å²) in [6.07, 6.45) is 7.12. The fourth-order valence-electron chi connectivity index (χ4n) is 2.68. The minimum Gasteiger partial charge on any atom is -0.396 e. The summed E-state index contributed by atoms with van der Waals surface area (Å²) in [5.74, 6) is 0.831. The van der Waals surface area contributed by atoms with Crippen LogP contribution in [0.5, 0.6) is 0 Å². The Hall–Kier alpha value is -1.89. The van der Waals surface area contributed by atoms with Crippen LogP contribution in [-0.4, -0.2) is 30.8 Å². The van der Waals surface area contributed by atoms with Crippen molar-refractivity contribution in [2.75, 3.05) is 6.61 Å². The van der Waals surface area contributed by atoms with Gasteiger partial charge in [-0.05, 0) is 12.8 Å². The van der Waals surface area contributed by atoms with Crippen LogP contribution in [-0.2, 0) is 20.5 Å². The monoisotopic (exact) mass is 308 g/mol. The fraction of sp³-hybridized carbons (Fsp3) is 0.667. The van der Waals surface area contributed by atoms with Crippen molar-refractivity contribution < 1.29 is 5.11 Å². The van der Waals surface area contributed by atoms with Crippen LogP contribution in [0.25, 0.3) is 11.2 Å². The first-order valence-corrected chi connectivity index (χ1v) is 7.81. The van der Waals surface area contributed by atoms with E-state index in [4.69, 9.17) is 5.11 Å². The van der Waals surface area contributed by atoms with E-state index in [9.17, 15) is 9.59 Å². The Kier molecular flexibility index (Phi) is 5.54. The first kappa shape index (κ1) is 16.5. The van der Waals surface area contributed by atoms with Crippen molar-refractivity contribution in [3.8, 4) is 0 Å². The van der Waals surface area contributed by atoms with Crippen LogP contribution in [0.2, 0.25) is 0 Å². The maximum Gasteiger partial charge on any atom is 0.329 e. The lowest BCUT2D eigenvalue weighted by atomic mass is 10.1. The predicted molar refractivity (Wildman–Crippen MR) is 85.1 cm³/mol. The van der Waals surface area contributed by atoms with Crippen LogP contribution >= 0.6 is 0 Å². The lowest BCUT2D eigenvalue weighted by molar-refractivity contribution is 0.282. The number of aromatic amines is 1. The molecule has 2 N–H and O–H groups in total. The van der Waals surface area contributed by atoms with Gasteiger partial charge in [0.25, 0.3) is 5.56 Å². The van der Waals surface area contributed by atoms with Gasteiger partial charge in [-0.2, -0.15) is 0 Å². The highest BCUT2D eigenvalue weighted by atomic mass is 16.3. The molecule has 2 rings (SSSR count). The summed E-state index contributed by atoms with van der Waals surface area (Å²) in [5, 5.41) is 8.72. The van der Waals surface area contributed by atoms with Gasteiger partial charge in [0.2, 0.25) is 0 Å². The van der Waals surface area contributed by atoms with Crippen molar-refractivity contribution in [1.29, 1.82) is 0 Å². The van der Waals surface area contributed by atoms with Crippen molar-refractivity contribution in [3.05, 3.63) is 26.7 Å². The zero-order valence-electron chi connectivity index (χ0n) is 13.3. The standard InChI is InChI=1S/C15H24N4O3/c1-18-11(9-7-5-3-4-6-8-10-20)16-13-12(18)14(21)17-15(22)19(13)2/h20H,3-10H2,1-2H3,(H,17,21,22). The normalized spacial score (nSPS) is 11.4. The van der Waals surface area contributed by atoms with Gasteiger partial charge in [0.1, 0.15) is 5.82 Å². The average molecular weight is 308 g/mol. The molecule has 0 bridgehead atoms. The van der Waals surface area contributed by atoms with Gasteiger partial charge in [-0.15, -0.1) is 0 Å². The van der Waals surface area contributed by atoms with Gasteiger partial charge in [-0.25, -0.2) is 9.78 Å². The molecule has 0 aliphatic carbocycles. The molecule has 0 unspecified atom stereocenters. The molecule has 0 fully saturated rings. The van der Waals surface area contributed by atoms with E-state index in [0.717, 1.165) is 50.8 Å². The first-order chi connectivity index (χ1) is 10.6. The third-order valence-electron chi connectivity index (χ3n) is 4.04. The van der Waals surface area contributed by atoms with E-state index < -0.39 is 5.69 Å². The van der Waals surface area contributed by atoms with E-state index in [0.29, 0.717) is 11.2 Å². The quantitative estimate of drug-likeness (QED) is 0.707. The second-order valence-electron chi connectivity index (χ2n) is 5.67. The number of hydrogen-bond donors (Lipinski definition) is 2. The van der Waals surface area contributed by atoms with Crippen molar-refractivity contribution >= 4 is 11.2 Å². The van der Waals surface area contributed by atoms with Gasteiger partial charge in [-0.3, -0.25) is 14.3 Å². The lowest BCUT2D eigenvalue weighted by Gasteiger charge is -2.02. The number of aliphatic hydroxyl groups excluding tert-OH is 1. The Bertz CT molecular complexity index is 742. The Balaban J connectivity index is 2.02. The predicted octanol–water partition coefficient (Wildman–Crippen LogP) is 0.836. The number of H-pyrrole nitrogens is 1. The van der Waals surface area contributed by atoms with E-state index >= 15 is 0 Å². The number of aryl methyl sites for hydroxylation is 3. The molecule has 2 heterocycles. The van der Waals surface area contributed by atoms with Crippen LogP contribution in [0.4, 0.5) is 0 Å². The molecule has 0 amide bonds. The molecular weight excluding hydrogens is 284 g/mol. The Morgan fingerprint density at radius 2 is 1.64 bits per heavy atom. The molecule has 7 heteroatoms. The highest BCUT2D eigenvalue weighted by Crippen LogP contribution is 2.12. The molecule has 0 aromatic carbocycles. The zero-order chi connectivity index (χ0) is 16.1. The Morgan fingerprint density at radius 3 is 2.32 bits per heavy atom. The van der Waals surface area contributed by atoms with E-state index in [2.05, 4.69) is 9.97 Å². The molecule has 0 saturated heterocycles. The highest BCUT2D eigenvalue weighted by Gasteiger charge is 2.14. The van der Waals surface area contributed by atoms with Crippen LogP contribution in [0, 0.1) is 0 Å². The fourth-order valence-corrected chi connectivity index (χ4v) is 2.68. The third kappa shape index (κ3) is 3.47. The largest absolute Gasteiger partial charge is 0.396 e. The number of nitrogens with one attached hydrogen (secondary N) is 1. The minimum atomic E-state index is -0.439. The molecule has 2 aromatic rings. The molecule has 0 atom stereocenters. The summed E-state index contributed by atoms with van der Waals surface area (Å²) in [5.41, 5.74) is 0.0589. The molecule has 22 heavy (non-hydrogen) atoms. The van der Waals surface area contributed by atoms with Crippen molar-refractivity contribution in [2.24, 2.45) is 14.1 Å².